The summed E-state index contributed by atoms with van der Waals surface area (Å²) in [6, 6.07) is 10.1. The Morgan fingerprint density at radius 1 is 1.13 bits per heavy atom. The summed E-state index contributed by atoms with van der Waals surface area (Å²) in [6.45, 7) is 11.1. The monoisotopic (exact) mass is 316 g/mol. The van der Waals surface area contributed by atoms with Crippen molar-refractivity contribution >= 4 is 0 Å². The largest absolute Gasteiger partial charge is 0.390 e. The molecule has 0 saturated heterocycles. The zero-order chi connectivity index (χ0) is 17.2. The minimum atomic E-state index is -0.465. The summed E-state index contributed by atoms with van der Waals surface area (Å²) in [7, 11) is 0. The van der Waals surface area contributed by atoms with Crippen LogP contribution in [-0.4, -0.2) is 17.3 Å². The summed E-state index contributed by atoms with van der Waals surface area (Å²) >= 11 is 0. The average molecular weight is 316 g/mol. The number of hydrogen-bond donors (Lipinski definition) is 1. The van der Waals surface area contributed by atoms with Gasteiger partial charge in [0.2, 0.25) is 0 Å². The average Bonchev–Trinajstić information content (AvgIpc) is 2.50. The highest BCUT2D eigenvalue weighted by Crippen LogP contribution is 2.16. The Morgan fingerprint density at radius 3 is 2.39 bits per heavy atom. The molecule has 128 valence electrons. The van der Waals surface area contributed by atoms with Crippen molar-refractivity contribution in [2.24, 2.45) is 5.92 Å². The first-order chi connectivity index (χ1) is 10.9. The van der Waals surface area contributed by atoms with Crippen LogP contribution in [0.25, 0.3) is 0 Å². The van der Waals surface area contributed by atoms with Crippen molar-refractivity contribution in [3.63, 3.8) is 0 Å². The van der Waals surface area contributed by atoms with Gasteiger partial charge in [0, 0.05) is 0 Å². The predicted octanol–water partition coefficient (Wildman–Crippen LogP) is 5.28. The SMILES string of the molecule is CC(C)=CC(C)C/C(C)=C\C[C@H](O)[C@H](C)OCc1ccccc1. The number of aliphatic hydroxyl groups is 1. The van der Waals surface area contributed by atoms with Crippen LogP contribution < -0.4 is 0 Å². The molecule has 0 bridgehead atoms. The van der Waals surface area contributed by atoms with E-state index in [1.165, 1.54) is 11.1 Å². The molecule has 0 aliphatic rings. The van der Waals surface area contributed by atoms with Crippen LogP contribution in [0.2, 0.25) is 0 Å². The highest BCUT2D eigenvalue weighted by molar-refractivity contribution is 5.13. The minimum absolute atomic E-state index is 0.172. The Kier molecular flexibility index (Phi) is 8.90. The number of benzene rings is 1. The minimum Gasteiger partial charge on any atom is -0.390 e. The van der Waals surface area contributed by atoms with Gasteiger partial charge in [-0.15, -0.1) is 0 Å². The third-order valence-electron chi connectivity index (χ3n) is 3.87. The van der Waals surface area contributed by atoms with Gasteiger partial charge in [0.1, 0.15) is 0 Å². The van der Waals surface area contributed by atoms with Gasteiger partial charge in [-0.05, 0) is 52.0 Å². The van der Waals surface area contributed by atoms with E-state index in [2.05, 4.69) is 39.8 Å². The smallest absolute Gasteiger partial charge is 0.0833 e. The molecular weight excluding hydrogens is 284 g/mol. The molecule has 1 aromatic rings. The summed E-state index contributed by atoms with van der Waals surface area (Å²) < 4.78 is 5.77. The van der Waals surface area contributed by atoms with Gasteiger partial charge < -0.3 is 9.84 Å². The first-order valence-corrected chi connectivity index (χ1v) is 8.52. The van der Waals surface area contributed by atoms with E-state index in [1.54, 1.807) is 0 Å². The first-order valence-electron chi connectivity index (χ1n) is 8.52. The van der Waals surface area contributed by atoms with Crippen molar-refractivity contribution in [1.29, 1.82) is 0 Å². The molecule has 1 unspecified atom stereocenters. The maximum absolute atomic E-state index is 10.2. The molecule has 1 N–H and O–H groups in total. The molecule has 0 saturated carbocycles. The van der Waals surface area contributed by atoms with Gasteiger partial charge in [-0.25, -0.2) is 0 Å². The Bertz CT molecular complexity index is 498. The van der Waals surface area contributed by atoms with Gasteiger partial charge in [0.15, 0.2) is 0 Å². The quantitative estimate of drug-likeness (QED) is 0.628. The Balaban J connectivity index is 2.37. The summed E-state index contributed by atoms with van der Waals surface area (Å²) in [5.41, 5.74) is 3.81. The van der Waals surface area contributed by atoms with Crippen molar-refractivity contribution in [3.8, 4) is 0 Å². The van der Waals surface area contributed by atoms with Crippen molar-refractivity contribution in [3.05, 3.63) is 59.2 Å². The Labute approximate surface area is 141 Å². The van der Waals surface area contributed by atoms with Crippen LogP contribution in [0.1, 0.15) is 53.0 Å². The second-order valence-electron chi connectivity index (χ2n) is 6.78. The maximum Gasteiger partial charge on any atom is 0.0833 e. The van der Waals surface area contributed by atoms with Gasteiger partial charge >= 0.3 is 0 Å². The van der Waals surface area contributed by atoms with Crippen molar-refractivity contribution < 1.29 is 9.84 Å². The van der Waals surface area contributed by atoms with Crippen molar-refractivity contribution in [1.82, 2.24) is 0 Å². The molecular formula is C21H32O2. The Hall–Kier alpha value is -1.38. The molecule has 0 heterocycles. The normalized spacial score (nSPS) is 15.8. The summed E-state index contributed by atoms with van der Waals surface area (Å²) in [4.78, 5) is 0. The Morgan fingerprint density at radius 2 is 1.78 bits per heavy atom. The lowest BCUT2D eigenvalue weighted by Gasteiger charge is -2.19. The van der Waals surface area contributed by atoms with Crippen LogP contribution in [-0.2, 0) is 11.3 Å². The van der Waals surface area contributed by atoms with Crippen molar-refractivity contribution in [2.45, 2.75) is 66.3 Å². The standard InChI is InChI=1S/C21H32O2/c1-16(2)13-18(4)14-17(3)11-12-21(22)19(5)23-15-20-9-7-6-8-10-20/h6-11,13,18-19,21-22H,12,14-15H2,1-5H3/b17-11-/t18?,19-,21-/m0/s1. The zero-order valence-electron chi connectivity index (χ0n) is 15.3. The van der Waals surface area contributed by atoms with E-state index in [1.807, 2.05) is 37.3 Å². The number of aliphatic hydroxyl groups excluding tert-OH is 1. The molecule has 1 rings (SSSR count). The maximum atomic E-state index is 10.2. The number of hydrogen-bond acceptors (Lipinski definition) is 2. The molecule has 2 nitrogen and oxygen atoms in total. The lowest BCUT2D eigenvalue weighted by molar-refractivity contribution is -0.0334. The van der Waals surface area contributed by atoms with Gasteiger partial charge in [-0.1, -0.05) is 60.6 Å². The van der Waals surface area contributed by atoms with Crippen LogP contribution in [0, 0.1) is 5.92 Å². The van der Waals surface area contributed by atoms with Gasteiger partial charge in [-0.2, -0.15) is 0 Å². The van der Waals surface area contributed by atoms with Crippen LogP contribution in [0.4, 0.5) is 0 Å². The highest BCUT2D eigenvalue weighted by atomic mass is 16.5. The molecule has 0 radical (unpaired) electrons. The first kappa shape index (κ1) is 19.7. The fourth-order valence-corrected chi connectivity index (χ4v) is 2.65. The second-order valence-corrected chi connectivity index (χ2v) is 6.78. The van der Waals surface area contributed by atoms with Gasteiger partial charge in [0.25, 0.3) is 0 Å². The molecule has 3 atom stereocenters. The van der Waals surface area contributed by atoms with E-state index in [4.69, 9.17) is 4.74 Å². The molecule has 0 amide bonds. The fraction of sp³-hybridized carbons (Fsp3) is 0.524. The van der Waals surface area contributed by atoms with E-state index in [0.29, 0.717) is 18.9 Å². The van der Waals surface area contributed by atoms with E-state index >= 15 is 0 Å². The second kappa shape index (κ2) is 10.4. The van der Waals surface area contributed by atoms with Crippen LogP contribution >= 0.6 is 0 Å². The van der Waals surface area contributed by atoms with E-state index in [9.17, 15) is 5.11 Å². The molecule has 0 fully saturated rings. The molecule has 0 spiro atoms. The molecule has 2 heteroatoms. The lowest BCUT2D eigenvalue weighted by Crippen LogP contribution is -2.25. The summed E-state index contributed by atoms with van der Waals surface area (Å²) in [6.07, 6.45) is 5.48. The molecule has 23 heavy (non-hydrogen) atoms. The zero-order valence-corrected chi connectivity index (χ0v) is 15.3. The predicted molar refractivity (Wildman–Crippen MR) is 98.3 cm³/mol. The van der Waals surface area contributed by atoms with Crippen LogP contribution in [0.5, 0.6) is 0 Å². The van der Waals surface area contributed by atoms with Crippen molar-refractivity contribution in [2.75, 3.05) is 0 Å². The highest BCUT2D eigenvalue weighted by Gasteiger charge is 2.13. The third-order valence-corrected chi connectivity index (χ3v) is 3.87. The van der Waals surface area contributed by atoms with Gasteiger partial charge in [0.05, 0.1) is 18.8 Å². The third kappa shape index (κ3) is 8.73. The number of rotatable bonds is 9. The molecule has 0 aromatic heterocycles. The van der Waals surface area contributed by atoms with Crippen LogP contribution in [0.15, 0.2) is 53.6 Å². The van der Waals surface area contributed by atoms with E-state index in [-0.39, 0.29) is 6.10 Å². The fourth-order valence-electron chi connectivity index (χ4n) is 2.65. The van der Waals surface area contributed by atoms with Gasteiger partial charge in [-0.3, -0.25) is 0 Å². The molecule has 1 aromatic carbocycles. The van der Waals surface area contributed by atoms with E-state index in [0.717, 1.165) is 12.0 Å². The molecule has 0 aliphatic heterocycles. The summed E-state index contributed by atoms with van der Waals surface area (Å²) in [5.74, 6) is 0.542. The van der Waals surface area contributed by atoms with E-state index < -0.39 is 6.10 Å². The molecule has 0 aliphatic carbocycles. The topological polar surface area (TPSA) is 29.5 Å². The summed E-state index contributed by atoms with van der Waals surface area (Å²) in [5, 5.41) is 10.2. The number of allylic oxidation sites excluding steroid dienone is 3. The lowest BCUT2D eigenvalue weighted by atomic mass is 9.98. The number of ether oxygens (including phenoxy) is 1. The van der Waals surface area contributed by atoms with Crippen LogP contribution in [0.3, 0.4) is 0 Å².